The predicted molar refractivity (Wildman–Crippen MR) is 132 cm³/mol. The van der Waals surface area contributed by atoms with Gasteiger partial charge in [-0.3, -0.25) is 14.8 Å². The lowest BCUT2D eigenvalue weighted by molar-refractivity contribution is -0.269. The molecule has 3 aliphatic heterocycles. The molecule has 0 unspecified atom stereocenters. The van der Waals surface area contributed by atoms with Crippen LogP contribution in [0.25, 0.3) is 0 Å². The second-order valence-corrected chi connectivity index (χ2v) is 8.75. The number of benzene rings is 2. The fraction of sp³-hybridized carbons (Fsp3) is 0.261. The van der Waals surface area contributed by atoms with E-state index in [-0.39, 0.29) is 24.7 Å². The average molecular weight is 561 g/mol. The number of carbonyl (C=O) groups excluding carboxylic acids is 1. The Balaban J connectivity index is 0.000000207. The molecule has 0 aliphatic carbocycles. The Kier molecular flexibility index (Phi) is 7.60. The summed E-state index contributed by atoms with van der Waals surface area (Å²) in [5, 5.41) is 7.40. The number of nitrogens with one attached hydrogen (secondary N) is 2. The predicted octanol–water partition coefficient (Wildman–Crippen LogP) is 5.15. The molecule has 3 heterocycles. The summed E-state index contributed by atoms with van der Waals surface area (Å²) in [5.41, 5.74) is -0.153. The number of halogens is 7. The van der Waals surface area contributed by atoms with Gasteiger partial charge in [-0.1, -0.05) is 23.2 Å². The second-order valence-electron chi connectivity index (χ2n) is 7.87. The number of alkyl halides is 5. The Bertz CT molecular complexity index is 1250. The van der Waals surface area contributed by atoms with Crippen LogP contribution in [0.2, 0.25) is 10.0 Å². The standard InChI is InChI=1S/C14H9ClF5N3O.C9H10ClN3/c15-8-1-3-9(4-2-8)23-11(24)7-10(13(16,17)14(18,19)20)22-6-5-21-12(22)23;10-7-1-3-8(4-2-7)13-9-11-5-6-12-9/h1-4,7H,5-6H2;1-4H,5-6H2,(H2,11,12,13). The van der Waals surface area contributed by atoms with Crippen LogP contribution >= 0.6 is 23.2 Å². The summed E-state index contributed by atoms with van der Waals surface area (Å²) in [6.45, 7) is 1.58. The van der Waals surface area contributed by atoms with E-state index >= 15 is 0 Å². The van der Waals surface area contributed by atoms with E-state index in [0.29, 0.717) is 16.0 Å². The molecule has 0 saturated heterocycles. The number of rotatable bonds is 3. The zero-order valence-electron chi connectivity index (χ0n) is 18.9. The zero-order valence-corrected chi connectivity index (χ0v) is 20.4. The number of anilines is 2. The number of hydrogen-bond donors (Lipinski definition) is 2. The molecule has 14 heteroatoms. The van der Waals surface area contributed by atoms with Gasteiger partial charge >= 0.3 is 12.1 Å². The molecule has 2 N–H and O–H groups in total. The van der Waals surface area contributed by atoms with Crippen LogP contribution in [0.4, 0.5) is 33.3 Å². The third kappa shape index (κ3) is 5.80. The molecule has 3 aliphatic rings. The maximum Gasteiger partial charge on any atom is 0.459 e. The fourth-order valence-corrected chi connectivity index (χ4v) is 3.85. The van der Waals surface area contributed by atoms with Crippen molar-refractivity contribution in [1.29, 1.82) is 0 Å². The van der Waals surface area contributed by atoms with E-state index in [9.17, 15) is 26.7 Å². The van der Waals surface area contributed by atoms with Crippen molar-refractivity contribution in [3.05, 3.63) is 70.3 Å². The zero-order chi connectivity index (χ0) is 26.8. The molecule has 2 aromatic rings. The summed E-state index contributed by atoms with van der Waals surface area (Å²) < 4.78 is 65.5. The van der Waals surface area contributed by atoms with Gasteiger partial charge in [0.25, 0.3) is 5.91 Å². The number of allylic oxidation sites excluding steroid dienone is 1. The lowest BCUT2D eigenvalue weighted by Crippen LogP contribution is -2.55. The Morgan fingerprint density at radius 1 is 0.892 bits per heavy atom. The summed E-state index contributed by atoms with van der Waals surface area (Å²) in [4.78, 5) is 22.0. The normalized spacial score (nSPS) is 17.3. The molecule has 0 bridgehead atoms. The SMILES string of the molecule is Clc1ccc(NC2=NCCN2)cc1.O=C1C=C(C(F)(F)C(F)(F)F)N2CCN=C2N1c1ccc(Cl)cc1. The number of aliphatic imine (C=N–C) groups is 2. The number of amides is 1. The van der Waals surface area contributed by atoms with Crippen molar-refractivity contribution in [2.24, 2.45) is 9.98 Å². The topological polar surface area (TPSA) is 72.3 Å². The van der Waals surface area contributed by atoms with E-state index in [1.54, 1.807) is 0 Å². The molecule has 196 valence electrons. The maximum atomic E-state index is 13.7. The van der Waals surface area contributed by atoms with Crippen molar-refractivity contribution in [2.75, 3.05) is 36.4 Å². The molecule has 5 rings (SSSR count). The minimum absolute atomic E-state index is 0.00200. The van der Waals surface area contributed by atoms with Crippen molar-refractivity contribution in [2.45, 2.75) is 12.1 Å². The summed E-state index contributed by atoms with van der Waals surface area (Å²) >= 11 is 11.5. The molecule has 0 aromatic heterocycles. The van der Waals surface area contributed by atoms with Gasteiger partial charge in [-0.05, 0) is 48.5 Å². The van der Waals surface area contributed by atoms with E-state index in [0.717, 1.165) is 34.7 Å². The smallest absolute Gasteiger partial charge is 0.354 e. The molecule has 2 aromatic carbocycles. The minimum atomic E-state index is -5.81. The lowest BCUT2D eigenvalue weighted by Gasteiger charge is -2.37. The van der Waals surface area contributed by atoms with Gasteiger partial charge in [0.05, 0.1) is 18.8 Å². The van der Waals surface area contributed by atoms with Gasteiger partial charge < -0.3 is 15.5 Å². The molecule has 0 fully saturated rings. The summed E-state index contributed by atoms with van der Waals surface area (Å²) in [6, 6.07) is 13.4. The largest absolute Gasteiger partial charge is 0.459 e. The number of hydrogen-bond acceptors (Lipinski definition) is 6. The van der Waals surface area contributed by atoms with E-state index in [2.05, 4.69) is 20.6 Å². The quantitative estimate of drug-likeness (QED) is 0.509. The van der Waals surface area contributed by atoms with Crippen LogP contribution in [0.3, 0.4) is 0 Å². The number of nitrogens with zero attached hydrogens (tertiary/aromatic N) is 4. The van der Waals surface area contributed by atoms with Crippen molar-refractivity contribution in [1.82, 2.24) is 10.2 Å². The number of guanidine groups is 2. The minimum Gasteiger partial charge on any atom is -0.354 e. The second kappa shape index (κ2) is 10.5. The molecule has 37 heavy (non-hydrogen) atoms. The Hall–Kier alpha value is -3.38. The van der Waals surface area contributed by atoms with Crippen LogP contribution in [0, 0.1) is 0 Å². The molecule has 0 saturated carbocycles. The van der Waals surface area contributed by atoms with E-state index in [4.69, 9.17) is 23.2 Å². The van der Waals surface area contributed by atoms with Gasteiger partial charge in [0, 0.05) is 34.9 Å². The van der Waals surface area contributed by atoms with Gasteiger partial charge in [-0.25, -0.2) is 4.90 Å². The van der Waals surface area contributed by atoms with E-state index in [1.807, 2.05) is 24.3 Å². The van der Waals surface area contributed by atoms with Gasteiger partial charge in [-0.2, -0.15) is 22.0 Å². The van der Waals surface area contributed by atoms with Crippen LogP contribution in [0.15, 0.2) is 70.3 Å². The third-order valence-electron chi connectivity index (χ3n) is 5.33. The van der Waals surface area contributed by atoms with Gasteiger partial charge in [0.15, 0.2) is 5.96 Å². The van der Waals surface area contributed by atoms with Gasteiger partial charge in [-0.15, -0.1) is 0 Å². The Labute approximate surface area is 218 Å². The highest BCUT2D eigenvalue weighted by molar-refractivity contribution is 6.31. The van der Waals surface area contributed by atoms with Crippen molar-refractivity contribution < 1.29 is 26.7 Å². The Morgan fingerprint density at radius 2 is 1.51 bits per heavy atom. The molecule has 1 amide bonds. The molecular weight excluding hydrogens is 542 g/mol. The highest BCUT2D eigenvalue weighted by Gasteiger charge is 2.63. The summed E-state index contributed by atoms with van der Waals surface area (Å²) in [5.74, 6) is -5.61. The highest BCUT2D eigenvalue weighted by Crippen LogP contribution is 2.44. The summed E-state index contributed by atoms with van der Waals surface area (Å²) in [7, 11) is 0. The first kappa shape index (κ1) is 26.7. The highest BCUT2D eigenvalue weighted by atomic mass is 35.5. The van der Waals surface area contributed by atoms with Crippen LogP contribution in [0.1, 0.15) is 0 Å². The summed E-state index contributed by atoms with van der Waals surface area (Å²) in [6.07, 6.45) is -5.51. The monoisotopic (exact) mass is 560 g/mol. The van der Waals surface area contributed by atoms with E-state index in [1.165, 1.54) is 24.3 Å². The van der Waals surface area contributed by atoms with Crippen molar-refractivity contribution in [3.63, 3.8) is 0 Å². The van der Waals surface area contributed by atoms with Crippen LogP contribution in [-0.4, -0.2) is 61.0 Å². The first-order valence-electron chi connectivity index (χ1n) is 10.9. The molecule has 0 spiro atoms. The lowest BCUT2D eigenvalue weighted by atomic mass is 10.1. The van der Waals surface area contributed by atoms with Crippen LogP contribution in [0.5, 0.6) is 0 Å². The van der Waals surface area contributed by atoms with Gasteiger partial charge in [0.1, 0.15) is 5.70 Å². The molecule has 0 atom stereocenters. The average Bonchev–Trinajstić information content (AvgIpc) is 3.53. The molecule has 7 nitrogen and oxygen atoms in total. The fourth-order valence-electron chi connectivity index (χ4n) is 3.60. The van der Waals surface area contributed by atoms with Gasteiger partial charge in [0.2, 0.25) is 5.96 Å². The Morgan fingerprint density at radius 3 is 2.08 bits per heavy atom. The molecule has 0 radical (unpaired) electrons. The first-order valence-corrected chi connectivity index (χ1v) is 11.6. The number of carbonyl (C=O) groups is 1. The van der Waals surface area contributed by atoms with E-state index < -0.39 is 23.7 Å². The molecular formula is C23H19Cl2F5N6O. The van der Waals surface area contributed by atoms with Crippen molar-refractivity contribution >= 4 is 52.4 Å². The van der Waals surface area contributed by atoms with Crippen LogP contribution < -0.4 is 15.5 Å². The maximum absolute atomic E-state index is 13.7. The third-order valence-corrected chi connectivity index (χ3v) is 5.84. The van der Waals surface area contributed by atoms with Crippen LogP contribution in [-0.2, 0) is 4.79 Å². The number of fused-ring (bicyclic) bond motifs is 1. The first-order chi connectivity index (χ1) is 17.5. The van der Waals surface area contributed by atoms with Crippen molar-refractivity contribution in [3.8, 4) is 0 Å².